The number of carbonyl (C=O) groups is 1. The maximum absolute atomic E-state index is 10.8. The van der Waals surface area contributed by atoms with Gasteiger partial charge in [0.1, 0.15) is 6.10 Å². The van der Waals surface area contributed by atoms with E-state index in [9.17, 15) is 4.79 Å². The fourth-order valence-electron chi connectivity index (χ4n) is 1.62. The molecule has 1 aliphatic heterocycles. The van der Waals surface area contributed by atoms with Crippen molar-refractivity contribution in [3.8, 4) is 5.19 Å². The molecule has 7 nitrogen and oxygen atoms in total. The minimum absolute atomic E-state index is 0.155. The number of ether oxygens (including phenoxy) is 1. The van der Waals surface area contributed by atoms with Gasteiger partial charge in [-0.25, -0.2) is 4.79 Å². The fourth-order valence-corrected chi connectivity index (χ4v) is 2.15. The third kappa shape index (κ3) is 2.51. The summed E-state index contributed by atoms with van der Waals surface area (Å²) in [6.45, 7) is 0.933. The molecule has 1 aromatic heterocycles. The van der Waals surface area contributed by atoms with E-state index in [4.69, 9.17) is 15.6 Å². The Bertz CT molecular complexity index is 383. The third-order valence-corrected chi connectivity index (χ3v) is 2.98. The summed E-state index contributed by atoms with van der Waals surface area (Å²) in [4.78, 5) is 12.1. The van der Waals surface area contributed by atoms with Gasteiger partial charge >= 0.3 is 6.09 Å². The summed E-state index contributed by atoms with van der Waals surface area (Å²) in [6.07, 6.45) is 0.552. The smallest absolute Gasteiger partial charge is 0.407 e. The predicted octanol–water partition coefficient (Wildman–Crippen LogP) is 0.641. The highest BCUT2D eigenvalue weighted by Crippen LogP contribution is 2.23. The van der Waals surface area contributed by atoms with E-state index in [1.165, 1.54) is 4.90 Å². The first-order valence-corrected chi connectivity index (χ1v) is 5.70. The van der Waals surface area contributed by atoms with Crippen molar-refractivity contribution < 1.29 is 14.6 Å². The second kappa shape index (κ2) is 4.52. The van der Waals surface area contributed by atoms with Gasteiger partial charge in [0.2, 0.25) is 5.13 Å². The third-order valence-electron chi connectivity index (χ3n) is 2.34. The largest absolute Gasteiger partial charge is 0.465 e. The molecule has 1 fully saturated rings. The summed E-state index contributed by atoms with van der Waals surface area (Å²) < 4.78 is 5.52. The number of piperidine rings is 1. The topological polar surface area (TPSA) is 102 Å². The molecule has 1 atom stereocenters. The van der Waals surface area contributed by atoms with E-state index in [1.807, 2.05) is 0 Å². The zero-order chi connectivity index (χ0) is 11.5. The first-order valence-electron chi connectivity index (χ1n) is 4.88. The lowest BCUT2D eigenvalue weighted by atomic mass is 10.1. The van der Waals surface area contributed by atoms with Crippen LogP contribution in [0.1, 0.15) is 12.8 Å². The number of hydrogen-bond donors (Lipinski definition) is 2. The van der Waals surface area contributed by atoms with E-state index in [-0.39, 0.29) is 6.10 Å². The highest BCUT2D eigenvalue weighted by molar-refractivity contribution is 7.16. The lowest BCUT2D eigenvalue weighted by Crippen LogP contribution is -2.43. The van der Waals surface area contributed by atoms with Crippen LogP contribution in [0.5, 0.6) is 5.19 Å². The Morgan fingerprint density at radius 1 is 1.62 bits per heavy atom. The maximum Gasteiger partial charge on any atom is 0.407 e. The van der Waals surface area contributed by atoms with Gasteiger partial charge in [0.25, 0.3) is 5.19 Å². The van der Waals surface area contributed by atoms with Gasteiger partial charge in [-0.2, -0.15) is 0 Å². The standard InChI is InChI=1S/C8H12N4O3S/c9-6-10-11-7(16-6)15-5-2-1-3-12(4-5)8(13)14/h5H,1-4H2,(H2,9,10)(H,13,14). The Kier molecular flexibility index (Phi) is 3.09. The molecule has 0 spiro atoms. The Morgan fingerprint density at radius 3 is 3.06 bits per heavy atom. The molecule has 8 heteroatoms. The molecule has 2 rings (SSSR count). The summed E-state index contributed by atoms with van der Waals surface area (Å²) in [7, 11) is 0. The molecule has 16 heavy (non-hydrogen) atoms. The normalized spacial score (nSPS) is 20.8. The number of anilines is 1. The number of nitrogen functional groups attached to an aromatic ring is 1. The van der Waals surface area contributed by atoms with Crippen LogP contribution in [-0.2, 0) is 0 Å². The van der Waals surface area contributed by atoms with Gasteiger partial charge in [-0.15, -0.1) is 5.10 Å². The van der Waals surface area contributed by atoms with Crippen molar-refractivity contribution in [1.29, 1.82) is 0 Å². The van der Waals surface area contributed by atoms with Gasteiger partial charge in [0, 0.05) is 6.54 Å². The second-order valence-electron chi connectivity index (χ2n) is 3.52. The molecule has 1 aliphatic rings. The van der Waals surface area contributed by atoms with Crippen LogP contribution in [0.2, 0.25) is 0 Å². The van der Waals surface area contributed by atoms with E-state index in [0.717, 1.165) is 24.2 Å². The molecule has 0 aliphatic carbocycles. The molecule has 2 heterocycles. The zero-order valence-corrected chi connectivity index (χ0v) is 9.31. The van der Waals surface area contributed by atoms with Crippen LogP contribution in [-0.4, -0.2) is 45.5 Å². The van der Waals surface area contributed by atoms with Gasteiger partial charge in [-0.05, 0) is 24.2 Å². The van der Waals surface area contributed by atoms with Gasteiger partial charge in [-0.1, -0.05) is 5.10 Å². The number of nitrogens with two attached hydrogens (primary N) is 1. The van der Waals surface area contributed by atoms with Crippen LogP contribution in [0.15, 0.2) is 0 Å². The lowest BCUT2D eigenvalue weighted by Gasteiger charge is -2.29. The van der Waals surface area contributed by atoms with Crippen molar-refractivity contribution in [3.05, 3.63) is 0 Å². The summed E-state index contributed by atoms with van der Waals surface area (Å²) in [5, 5.41) is 17.0. The summed E-state index contributed by atoms with van der Waals surface area (Å²) in [6, 6.07) is 0. The van der Waals surface area contributed by atoms with Crippen molar-refractivity contribution in [2.45, 2.75) is 18.9 Å². The number of hydrogen-bond acceptors (Lipinski definition) is 6. The zero-order valence-electron chi connectivity index (χ0n) is 8.50. The summed E-state index contributed by atoms with van der Waals surface area (Å²) in [5.74, 6) is 0. The summed E-state index contributed by atoms with van der Waals surface area (Å²) in [5.41, 5.74) is 5.42. The number of nitrogens with zero attached hydrogens (tertiary/aromatic N) is 3. The SMILES string of the molecule is Nc1nnc(OC2CCCN(C(=O)O)C2)s1. The highest BCUT2D eigenvalue weighted by Gasteiger charge is 2.25. The van der Waals surface area contributed by atoms with E-state index in [1.54, 1.807) is 0 Å². The van der Waals surface area contributed by atoms with Crippen LogP contribution in [0.25, 0.3) is 0 Å². The average Bonchev–Trinajstić information content (AvgIpc) is 2.64. The lowest BCUT2D eigenvalue weighted by molar-refractivity contribution is 0.0786. The van der Waals surface area contributed by atoms with Crippen molar-refractivity contribution in [1.82, 2.24) is 15.1 Å². The summed E-state index contributed by atoms with van der Waals surface area (Å²) >= 11 is 1.16. The van der Waals surface area contributed by atoms with Crippen molar-refractivity contribution in [3.63, 3.8) is 0 Å². The average molecular weight is 244 g/mol. The van der Waals surface area contributed by atoms with E-state index in [0.29, 0.717) is 23.4 Å². The first-order chi connectivity index (χ1) is 7.65. The molecule has 0 aromatic carbocycles. The molecule has 1 aromatic rings. The molecule has 1 saturated heterocycles. The highest BCUT2D eigenvalue weighted by atomic mass is 32.1. The Morgan fingerprint density at radius 2 is 2.44 bits per heavy atom. The van der Waals surface area contributed by atoms with Gasteiger partial charge < -0.3 is 20.5 Å². The first kappa shape index (κ1) is 10.9. The molecule has 1 unspecified atom stereocenters. The number of carboxylic acid groups (broad SMARTS) is 1. The maximum atomic E-state index is 10.8. The molecule has 3 N–H and O–H groups in total. The molecule has 88 valence electrons. The Labute approximate surface area is 95.8 Å². The van der Waals surface area contributed by atoms with Crippen LogP contribution >= 0.6 is 11.3 Å². The fraction of sp³-hybridized carbons (Fsp3) is 0.625. The van der Waals surface area contributed by atoms with Gasteiger partial charge in [0.05, 0.1) is 6.54 Å². The van der Waals surface area contributed by atoms with E-state index < -0.39 is 6.09 Å². The monoisotopic (exact) mass is 244 g/mol. The predicted molar refractivity (Wildman–Crippen MR) is 57.6 cm³/mol. The number of aromatic nitrogens is 2. The van der Waals surface area contributed by atoms with Gasteiger partial charge in [-0.3, -0.25) is 0 Å². The number of likely N-dealkylation sites (tertiary alicyclic amines) is 1. The molecule has 0 saturated carbocycles. The number of rotatable bonds is 2. The van der Waals surface area contributed by atoms with Crippen molar-refractivity contribution in [2.75, 3.05) is 18.8 Å². The molecule has 0 bridgehead atoms. The van der Waals surface area contributed by atoms with Crippen molar-refractivity contribution >= 4 is 22.6 Å². The number of amides is 1. The quantitative estimate of drug-likeness (QED) is 0.791. The molecular weight excluding hydrogens is 232 g/mol. The second-order valence-corrected chi connectivity index (χ2v) is 4.49. The van der Waals surface area contributed by atoms with E-state index >= 15 is 0 Å². The Balaban J connectivity index is 1.92. The van der Waals surface area contributed by atoms with Crippen LogP contribution in [0, 0.1) is 0 Å². The molecule has 0 radical (unpaired) electrons. The van der Waals surface area contributed by atoms with Crippen LogP contribution in [0.4, 0.5) is 9.93 Å². The minimum atomic E-state index is -0.912. The molecule has 1 amide bonds. The van der Waals surface area contributed by atoms with Gasteiger partial charge in [0.15, 0.2) is 0 Å². The molecular formula is C8H12N4O3S. The van der Waals surface area contributed by atoms with Crippen LogP contribution < -0.4 is 10.5 Å². The van der Waals surface area contributed by atoms with Crippen molar-refractivity contribution in [2.24, 2.45) is 0 Å². The minimum Gasteiger partial charge on any atom is -0.465 e. The van der Waals surface area contributed by atoms with Crippen LogP contribution in [0.3, 0.4) is 0 Å². The van der Waals surface area contributed by atoms with E-state index in [2.05, 4.69) is 10.2 Å². The Hall–Kier alpha value is -1.57.